The van der Waals surface area contributed by atoms with Crippen LogP contribution in [0.1, 0.15) is 34.2 Å². The molecule has 2 aromatic rings. The fraction of sp³-hybridized carbons (Fsp3) is 0.412. The van der Waals surface area contributed by atoms with Crippen LogP contribution in [0, 0.1) is 6.92 Å². The number of hydrogen-bond donors (Lipinski definition) is 0. The number of para-hydroxylation sites is 1. The SMILES string of the molecule is Cc1cc(C(=O)N2CCc3ccccc32)nn1C1CCS(=O)(=O)C1. The normalized spacial score (nSPS) is 21.9. The van der Waals surface area contributed by atoms with Crippen LogP contribution in [-0.4, -0.2) is 42.2 Å². The van der Waals surface area contributed by atoms with Crippen molar-refractivity contribution < 1.29 is 13.2 Å². The van der Waals surface area contributed by atoms with Gasteiger partial charge in [0.05, 0.1) is 17.5 Å². The Morgan fingerprint density at radius 1 is 1.29 bits per heavy atom. The van der Waals surface area contributed by atoms with Gasteiger partial charge in [-0.25, -0.2) is 8.42 Å². The molecule has 7 heteroatoms. The Morgan fingerprint density at radius 3 is 2.83 bits per heavy atom. The van der Waals surface area contributed by atoms with Crippen molar-refractivity contribution in [2.24, 2.45) is 0 Å². The molecular formula is C17H19N3O3S. The molecule has 126 valence electrons. The van der Waals surface area contributed by atoms with Crippen LogP contribution in [0.5, 0.6) is 0 Å². The van der Waals surface area contributed by atoms with E-state index in [4.69, 9.17) is 0 Å². The van der Waals surface area contributed by atoms with Gasteiger partial charge in [0.2, 0.25) is 0 Å². The first-order chi connectivity index (χ1) is 11.4. The lowest BCUT2D eigenvalue weighted by Crippen LogP contribution is -2.29. The molecule has 1 amide bonds. The number of rotatable bonds is 2. The first-order valence-electron chi connectivity index (χ1n) is 8.11. The Kier molecular flexibility index (Phi) is 3.49. The van der Waals surface area contributed by atoms with E-state index in [1.165, 1.54) is 5.56 Å². The van der Waals surface area contributed by atoms with Gasteiger partial charge in [0.15, 0.2) is 15.5 Å². The van der Waals surface area contributed by atoms with E-state index in [-0.39, 0.29) is 23.5 Å². The molecule has 0 N–H and O–H groups in total. The highest BCUT2D eigenvalue weighted by Crippen LogP contribution is 2.30. The number of hydrogen-bond acceptors (Lipinski definition) is 4. The Labute approximate surface area is 141 Å². The molecule has 6 nitrogen and oxygen atoms in total. The summed E-state index contributed by atoms with van der Waals surface area (Å²) in [5, 5.41) is 4.44. The predicted molar refractivity (Wildman–Crippen MR) is 91.1 cm³/mol. The molecule has 0 radical (unpaired) electrons. The van der Waals surface area contributed by atoms with Crippen LogP contribution in [0.15, 0.2) is 30.3 Å². The number of fused-ring (bicyclic) bond motifs is 1. The fourth-order valence-electron chi connectivity index (χ4n) is 3.62. The van der Waals surface area contributed by atoms with Crippen molar-refractivity contribution in [3.63, 3.8) is 0 Å². The highest BCUT2D eigenvalue weighted by atomic mass is 32.2. The van der Waals surface area contributed by atoms with Crippen molar-refractivity contribution in [2.75, 3.05) is 23.0 Å². The molecule has 2 aliphatic rings. The van der Waals surface area contributed by atoms with Crippen LogP contribution in [-0.2, 0) is 16.3 Å². The van der Waals surface area contributed by atoms with E-state index < -0.39 is 9.84 Å². The largest absolute Gasteiger partial charge is 0.306 e. The number of anilines is 1. The number of aryl methyl sites for hydroxylation is 1. The van der Waals surface area contributed by atoms with Gasteiger partial charge in [-0.15, -0.1) is 0 Å². The summed E-state index contributed by atoms with van der Waals surface area (Å²) in [5.74, 6) is 0.178. The van der Waals surface area contributed by atoms with Crippen molar-refractivity contribution in [3.05, 3.63) is 47.3 Å². The van der Waals surface area contributed by atoms with Crippen LogP contribution in [0.25, 0.3) is 0 Å². The van der Waals surface area contributed by atoms with Gasteiger partial charge in [0, 0.05) is 17.9 Å². The average molecular weight is 345 g/mol. The maximum absolute atomic E-state index is 12.8. The molecule has 1 saturated heterocycles. The second-order valence-corrected chi connectivity index (χ2v) is 8.74. The maximum atomic E-state index is 12.8. The van der Waals surface area contributed by atoms with Gasteiger partial charge >= 0.3 is 0 Å². The van der Waals surface area contributed by atoms with Gasteiger partial charge < -0.3 is 4.90 Å². The summed E-state index contributed by atoms with van der Waals surface area (Å²) in [6.45, 7) is 2.52. The minimum Gasteiger partial charge on any atom is -0.306 e. The van der Waals surface area contributed by atoms with Crippen LogP contribution < -0.4 is 4.90 Å². The van der Waals surface area contributed by atoms with Crippen molar-refractivity contribution in [1.29, 1.82) is 0 Å². The zero-order chi connectivity index (χ0) is 16.9. The van der Waals surface area contributed by atoms with E-state index in [1.807, 2.05) is 31.2 Å². The Bertz CT molecular complexity index is 917. The van der Waals surface area contributed by atoms with E-state index >= 15 is 0 Å². The van der Waals surface area contributed by atoms with Gasteiger partial charge in [-0.2, -0.15) is 5.10 Å². The molecule has 1 aromatic heterocycles. The first-order valence-corrected chi connectivity index (χ1v) is 9.93. The highest BCUT2D eigenvalue weighted by Gasteiger charge is 2.32. The molecule has 2 aliphatic heterocycles. The summed E-state index contributed by atoms with van der Waals surface area (Å²) < 4.78 is 25.1. The summed E-state index contributed by atoms with van der Waals surface area (Å²) in [7, 11) is -2.98. The third-order valence-electron chi connectivity index (χ3n) is 4.83. The molecule has 1 aromatic carbocycles. The lowest BCUT2D eigenvalue weighted by molar-refractivity contribution is 0.0983. The Morgan fingerprint density at radius 2 is 2.08 bits per heavy atom. The second-order valence-electron chi connectivity index (χ2n) is 6.51. The van der Waals surface area contributed by atoms with E-state index in [0.717, 1.165) is 17.8 Å². The van der Waals surface area contributed by atoms with Crippen LogP contribution >= 0.6 is 0 Å². The minimum atomic E-state index is -2.98. The van der Waals surface area contributed by atoms with E-state index in [0.29, 0.717) is 18.7 Å². The van der Waals surface area contributed by atoms with Gasteiger partial charge in [0.1, 0.15) is 0 Å². The number of aromatic nitrogens is 2. The maximum Gasteiger partial charge on any atom is 0.278 e. The number of amides is 1. The van der Waals surface area contributed by atoms with Crippen molar-refractivity contribution in [2.45, 2.75) is 25.8 Å². The standard InChI is InChI=1S/C17H19N3O3S/c1-12-10-15(18-20(12)14-7-9-24(22,23)11-14)17(21)19-8-6-13-4-2-3-5-16(13)19/h2-5,10,14H,6-9,11H2,1H3. The van der Waals surface area contributed by atoms with Crippen LogP contribution in [0.2, 0.25) is 0 Å². The molecule has 0 spiro atoms. The van der Waals surface area contributed by atoms with Crippen molar-refractivity contribution in [1.82, 2.24) is 9.78 Å². The predicted octanol–water partition coefficient (Wildman–Crippen LogP) is 1.75. The van der Waals surface area contributed by atoms with E-state index in [2.05, 4.69) is 5.10 Å². The summed E-state index contributed by atoms with van der Waals surface area (Å²) in [5.41, 5.74) is 3.32. The van der Waals surface area contributed by atoms with E-state index in [1.54, 1.807) is 15.6 Å². The molecule has 3 heterocycles. The van der Waals surface area contributed by atoms with E-state index in [9.17, 15) is 13.2 Å². The minimum absolute atomic E-state index is 0.107. The molecule has 1 fully saturated rings. The third kappa shape index (κ3) is 2.53. The van der Waals surface area contributed by atoms with Crippen LogP contribution in [0.3, 0.4) is 0 Å². The number of nitrogens with zero attached hydrogens (tertiary/aromatic N) is 3. The van der Waals surface area contributed by atoms with Gasteiger partial charge in [-0.05, 0) is 37.5 Å². The average Bonchev–Trinajstić information content (AvgIpc) is 3.23. The first kappa shape index (κ1) is 15.4. The van der Waals surface area contributed by atoms with Crippen molar-refractivity contribution >= 4 is 21.4 Å². The molecule has 0 saturated carbocycles. The molecule has 1 unspecified atom stereocenters. The number of benzene rings is 1. The molecule has 4 rings (SSSR count). The summed E-state index contributed by atoms with van der Waals surface area (Å²) >= 11 is 0. The zero-order valence-corrected chi connectivity index (χ0v) is 14.3. The van der Waals surface area contributed by atoms with Gasteiger partial charge in [-0.3, -0.25) is 9.48 Å². The number of carbonyl (C=O) groups is 1. The quantitative estimate of drug-likeness (QED) is 0.831. The van der Waals surface area contributed by atoms with Gasteiger partial charge in [-0.1, -0.05) is 18.2 Å². The topological polar surface area (TPSA) is 72.3 Å². The smallest absolute Gasteiger partial charge is 0.278 e. The number of carbonyl (C=O) groups excluding carboxylic acids is 1. The second kappa shape index (κ2) is 5.44. The Hall–Kier alpha value is -2.15. The zero-order valence-electron chi connectivity index (χ0n) is 13.5. The molecule has 0 aliphatic carbocycles. The fourth-order valence-corrected chi connectivity index (χ4v) is 5.31. The van der Waals surface area contributed by atoms with Crippen molar-refractivity contribution in [3.8, 4) is 0 Å². The summed E-state index contributed by atoms with van der Waals surface area (Å²) in [6.07, 6.45) is 1.41. The van der Waals surface area contributed by atoms with Gasteiger partial charge in [0.25, 0.3) is 5.91 Å². The summed E-state index contributed by atoms with van der Waals surface area (Å²) in [4.78, 5) is 14.6. The molecule has 1 atom stereocenters. The Balaban J connectivity index is 1.62. The third-order valence-corrected chi connectivity index (χ3v) is 6.58. The number of sulfone groups is 1. The molecular weight excluding hydrogens is 326 g/mol. The lowest BCUT2D eigenvalue weighted by Gasteiger charge is -2.16. The monoisotopic (exact) mass is 345 g/mol. The highest BCUT2D eigenvalue weighted by molar-refractivity contribution is 7.91. The van der Waals surface area contributed by atoms with Crippen LogP contribution in [0.4, 0.5) is 5.69 Å². The summed E-state index contributed by atoms with van der Waals surface area (Å²) in [6, 6.07) is 9.49. The molecule has 24 heavy (non-hydrogen) atoms. The lowest BCUT2D eigenvalue weighted by atomic mass is 10.2. The molecule has 0 bridgehead atoms.